The van der Waals surface area contributed by atoms with Crippen molar-refractivity contribution >= 4 is 62.9 Å². The van der Waals surface area contributed by atoms with Gasteiger partial charge in [0, 0.05) is 32.4 Å². The molecule has 0 spiro atoms. The number of furan rings is 1. The van der Waals surface area contributed by atoms with Crippen molar-refractivity contribution in [2.24, 2.45) is 0 Å². The molecular weight excluding hydrogens is 626 g/mol. The standard InChI is InChI=1S/C34H26BrN3O4S/c35-25-16-18-26(19-17-25)36-34(41)31(23-9-3-1-4-10-23)43-29-15-7-13-27(21-29)37-33(40)30(22-28-14-8-20-42-28)38-32(39)24-11-5-2-6-12-24/h1-22,31H,(H,36,41)(H,37,40)(H,38,39)/b30-22-. The van der Waals surface area contributed by atoms with Crippen LogP contribution in [0.5, 0.6) is 0 Å². The van der Waals surface area contributed by atoms with Crippen LogP contribution in [-0.4, -0.2) is 17.7 Å². The van der Waals surface area contributed by atoms with E-state index in [0.29, 0.717) is 22.7 Å². The van der Waals surface area contributed by atoms with Crippen molar-refractivity contribution in [2.75, 3.05) is 10.6 Å². The molecule has 5 rings (SSSR count). The molecule has 1 atom stereocenters. The molecule has 3 amide bonds. The Morgan fingerprint density at radius 1 is 0.744 bits per heavy atom. The molecule has 214 valence electrons. The highest BCUT2D eigenvalue weighted by molar-refractivity contribution is 9.10. The van der Waals surface area contributed by atoms with Gasteiger partial charge in [0.15, 0.2) is 0 Å². The van der Waals surface area contributed by atoms with Crippen molar-refractivity contribution in [1.29, 1.82) is 0 Å². The third-order valence-corrected chi connectivity index (χ3v) is 7.93. The smallest absolute Gasteiger partial charge is 0.272 e. The van der Waals surface area contributed by atoms with Crippen molar-refractivity contribution < 1.29 is 18.8 Å². The first kappa shape index (κ1) is 29.6. The molecule has 0 aliphatic carbocycles. The Kier molecular flexibility index (Phi) is 9.89. The van der Waals surface area contributed by atoms with Crippen molar-refractivity contribution in [3.8, 4) is 0 Å². The fourth-order valence-corrected chi connectivity index (χ4v) is 5.43. The molecule has 5 aromatic rings. The zero-order valence-electron chi connectivity index (χ0n) is 22.7. The highest BCUT2D eigenvalue weighted by Gasteiger charge is 2.23. The number of rotatable bonds is 10. The molecule has 1 unspecified atom stereocenters. The Morgan fingerprint density at radius 2 is 1.47 bits per heavy atom. The largest absolute Gasteiger partial charge is 0.465 e. The maximum Gasteiger partial charge on any atom is 0.272 e. The first-order valence-corrected chi connectivity index (χ1v) is 14.9. The third-order valence-electron chi connectivity index (χ3n) is 6.16. The first-order valence-electron chi connectivity index (χ1n) is 13.3. The predicted molar refractivity (Wildman–Crippen MR) is 173 cm³/mol. The molecule has 7 nitrogen and oxygen atoms in total. The zero-order chi connectivity index (χ0) is 30.0. The average molecular weight is 653 g/mol. The van der Waals surface area contributed by atoms with Crippen molar-refractivity contribution in [3.05, 3.63) is 155 Å². The lowest BCUT2D eigenvalue weighted by molar-refractivity contribution is -0.116. The summed E-state index contributed by atoms with van der Waals surface area (Å²) in [5.74, 6) is -0.735. The molecule has 43 heavy (non-hydrogen) atoms. The van der Waals surface area contributed by atoms with E-state index in [0.717, 1.165) is 14.9 Å². The Balaban J connectivity index is 1.35. The van der Waals surface area contributed by atoms with Crippen LogP contribution in [0.25, 0.3) is 6.08 Å². The number of thioether (sulfide) groups is 1. The normalized spacial score (nSPS) is 11.8. The topological polar surface area (TPSA) is 100 Å². The predicted octanol–water partition coefficient (Wildman–Crippen LogP) is 7.92. The summed E-state index contributed by atoms with van der Waals surface area (Å²) in [4.78, 5) is 40.5. The van der Waals surface area contributed by atoms with Gasteiger partial charge in [-0.25, -0.2) is 0 Å². The molecule has 1 heterocycles. The average Bonchev–Trinajstić information content (AvgIpc) is 3.55. The molecule has 4 aromatic carbocycles. The monoisotopic (exact) mass is 651 g/mol. The van der Waals surface area contributed by atoms with E-state index >= 15 is 0 Å². The Morgan fingerprint density at radius 3 is 2.16 bits per heavy atom. The highest BCUT2D eigenvalue weighted by Crippen LogP contribution is 2.37. The number of halogens is 1. The van der Waals surface area contributed by atoms with Gasteiger partial charge >= 0.3 is 0 Å². The SMILES string of the molecule is O=C(Nc1cccc(SC(C(=O)Nc2ccc(Br)cc2)c2ccccc2)c1)/C(=C/c1ccco1)NC(=O)c1ccccc1. The van der Waals surface area contributed by atoms with E-state index in [1.165, 1.54) is 24.1 Å². The zero-order valence-corrected chi connectivity index (χ0v) is 25.1. The van der Waals surface area contributed by atoms with E-state index in [4.69, 9.17) is 4.42 Å². The van der Waals surface area contributed by atoms with Gasteiger partial charge in [-0.1, -0.05) is 70.5 Å². The van der Waals surface area contributed by atoms with Gasteiger partial charge < -0.3 is 20.4 Å². The summed E-state index contributed by atoms with van der Waals surface area (Å²) in [6, 6.07) is 36.1. The molecule has 0 saturated heterocycles. The highest BCUT2D eigenvalue weighted by atomic mass is 79.9. The van der Waals surface area contributed by atoms with Gasteiger partial charge in [-0.3, -0.25) is 14.4 Å². The van der Waals surface area contributed by atoms with Crippen molar-refractivity contribution in [2.45, 2.75) is 10.1 Å². The second kappa shape index (κ2) is 14.4. The first-order chi connectivity index (χ1) is 20.9. The van der Waals surface area contributed by atoms with Gasteiger partial charge in [0.1, 0.15) is 16.7 Å². The van der Waals surface area contributed by atoms with Crippen LogP contribution in [0.15, 0.2) is 147 Å². The quantitative estimate of drug-likeness (QED) is 0.105. The van der Waals surface area contributed by atoms with Gasteiger partial charge in [0.2, 0.25) is 5.91 Å². The molecule has 1 aromatic heterocycles. The number of nitrogens with one attached hydrogen (secondary N) is 3. The van der Waals surface area contributed by atoms with Crippen LogP contribution in [0, 0.1) is 0 Å². The maximum absolute atomic E-state index is 13.5. The Hall–Kier alpha value is -4.86. The molecule has 0 radical (unpaired) electrons. The number of carbonyl (C=O) groups is 3. The summed E-state index contributed by atoms with van der Waals surface area (Å²) in [6.07, 6.45) is 2.95. The van der Waals surface area contributed by atoms with E-state index in [9.17, 15) is 14.4 Å². The summed E-state index contributed by atoms with van der Waals surface area (Å²) in [6.45, 7) is 0. The van der Waals surface area contributed by atoms with Crippen molar-refractivity contribution in [1.82, 2.24) is 5.32 Å². The summed E-state index contributed by atoms with van der Waals surface area (Å²) in [7, 11) is 0. The molecule has 0 fully saturated rings. The van der Waals surface area contributed by atoms with Crippen molar-refractivity contribution in [3.63, 3.8) is 0 Å². The molecule has 0 saturated carbocycles. The lowest BCUT2D eigenvalue weighted by atomic mass is 10.1. The minimum Gasteiger partial charge on any atom is -0.465 e. The van der Waals surface area contributed by atoms with Crippen LogP contribution < -0.4 is 16.0 Å². The van der Waals surface area contributed by atoms with Crippen LogP contribution in [0.3, 0.4) is 0 Å². The third kappa shape index (κ3) is 8.34. The fourth-order valence-electron chi connectivity index (χ4n) is 4.08. The molecular formula is C34H26BrN3O4S. The summed E-state index contributed by atoms with van der Waals surface area (Å²) < 4.78 is 6.29. The second-order valence-electron chi connectivity index (χ2n) is 9.28. The summed E-state index contributed by atoms with van der Waals surface area (Å²) in [5.41, 5.74) is 2.44. The van der Waals surface area contributed by atoms with Crippen LogP contribution in [-0.2, 0) is 9.59 Å². The van der Waals surface area contributed by atoms with Gasteiger partial charge in [0.25, 0.3) is 11.8 Å². The molecule has 3 N–H and O–H groups in total. The molecule has 0 bridgehead atoms. The lowest BCUT2D eigenvalue weighted by Crippen LogP contribution is -2.30. The Bertz CT molecular complexity index is 1730. The molecule has 0 aliphatic rings. The van der Waals surface area contributed by atoms with Crippen LogP contribution >= 0.6 is 27.7 Å². The van der Waals surface area contributed by atoms with E-state index in [2.05, 4.69) is 31.9 Å². The van der Waals surface area contributed by atoms with Gasteiger partial charge in [-0.2, -0.15) is 0 Å². The minimum atomic E-state index is -0.560. The number of carbonyl (C=O) groups excluding carboxylic acids is 3. The number of hydrogen-bond acceptors (Lipinski definition) is 5. The molecule has 9 heteroatoms. The van der Waals surface area contributed by atoms with Gasteiger partial charge in [-0.05, 0) is 72.3 Å². The van der Waals surface area contributed by atoms with Crippen LogP contribution in [0.2, 0.25) is 0 Å². The van der Waals surface area contributed by atoms with E-state index < -0.39 is 17.1 Å². The van der Waals surface area contributed by atoms with Crippen LogP contribution in [0.4, 0.5) is 11.4 Å². The lowest BCUT2D eigenvalue weighted by Gasteiger charge is -2.18. The number of hydrogen-bond donors (Lipinski definition) is 3. The second-order valence-corrected chi connectivity index (χ2v) is 11.4. The van der Waals surface area contributed by atoms with Gasteiger partial charge in [0.05, 0.1) is 6.26 Å². The van der Waals surface area contributed by atoms with E-state index in [1.54, 1.807) is 60.7 Å². The summed E-state index contributed by atoms with van der Waals surface area (Å²) in [5, 5.41) is 7.98. The number of amides is 3. The Labute approximate surface area is 261 Å². The van der Waals surface area contributed by atoms with E-state index in [1.807, 2.05) is 60.7 Å². The number of benzene rings is 4. The number of anilines is 2. The fraction of sp³-hybridized carbons (Fsp3) is 0.0294. The van der Waals surface area contributed by atoms with Crippen LogP contribution in [0.1, 0.15) is 26.9 Å². The minimum absolute atomic E-state index is 0.0119. The summed E-state index contributed by atoms with van der Waals surface area (Å²) >= 11 is 4.78. The van der Waals surface area contributed by atoms with E-state index in [-0.39, 0.29) is 11.6 Å². The maximum atomic E-state index is 13.5. The van der Waals surface area contributed by atoms with Gasteiger partial charge in [-0.15, -0.1) is 11.8 Å². The molecule has 0 aliphatic heterocycles.